The molecule has 5 rings (SSSR count). The van der Waals surface area contributed by atoms with Crippen LogP contribution in [0.25, 0.3) is 22.3 Å². The number of pyridine rings is 1. The van der Waals surface area contributed by atoms with E-state index in [1.165, 1.54) is 0 Å². The zero-order valence-corrected chi connectivity index (χ0v) is 18.1. The van der Waals surface area contributed by atoms with E-state index in [9.17, 15) is 4.79 Å². The molecule has 1 atom stereocenters. The van der Waals surface area contributed by atoms with Crippen molar-refractivity contribution >= 4 is 28.5 Å². The lowest BCUT2D eigenvalue weighted by Gasteiger charge is -2.32. The topological polar surface area (TPSA) is 51.0 Å². The quantitative estimate of drug-likeness (QED) is 0.442. The Hall–Kier alpha value is -3.18. The average Bonchev–Trinajstić information content (AvgIpc) is 3.19. The second kappa shape index (κ2) is 8.16. The van der Waals surface area contributed by atoms with Crippen LogP contribution in [-0.4, -0.2) is 38.4 Å². The lowest BCUT2D eigenvalue weighted by Crippen LogP contribution is -2.39. The number of aromatic nitrogens is 3. The van der Waals surface area contributed by atoms with Crippen LogP contribution in [0.1, 0.15) is 34.8 Å². The van der Waals surface area contributed by atoms with Crippen LogP contribution in [0, 0.1) is 0 Å². The van der Waals surface area contributed by atoms with Crippen molar-refractivity contribution in [3.05, 3.63) is 83.3 Å². The van der Waals surface area contributed by atoms with Crippen LogP contribution in [0.4, 0.5) is 0 Å². The molecule has 1 fully saturated rings. The molecule has 156 valence electrons. The molecule has 1 unspecified atom stereocenters. The van der Waals surface area contributed by atoms with Crippen molar-refractivity contribution in [2.45, 2.75) is 18.8 Å². The molecule has 0 radical (unpaired) electrons. The Morgan fingerprint density at radius 3 is 2.84 bits per heavy atom. The van der Waals surface area contributed by atoms with E-state index in [2.05, 4.69) is 11.1 Å². The summed E-state index contributed by atoms with van der Waals surface area (Å²) >= 11 is 6.16. The molecule has 0 spiro atoms. The number of fused-ring (bicyclic) bond motifs is 1. The summed E-state index contributed by atoms with van der Waals surface area (Å²) in [7, 11) is 1.95. The zero-order valence-electron chi connectivity index (χ0n) is 17.3. The van der Waals surface area contributed by atoms with Gasteiger partial charge in [0.05, 0.1) is 23.1 Å². The molecule has 31 heavy (non-hydrogen) atoms. The van der Waals surface area contributed by atoms with Crippen LogP contribution in [0.2, 0.25) is 5.02 Å². The first-order valence-corrected chi connectivity index (χ1v) is 10.9. The molecule has 0 N–H and O–H groups in total. The fraction of sp³-hybridized carbons (Fsp3) is 0.240. The summed E-state index contributed by atoms with van der Waals surface area (Å²) in [6.45, 7) is 1.44. The van der Waals surface area contributed by atoms with Gasteiger partial charge in [-0.3, -0.25) is 9.78 Å². The molecule has 1 aliphatic heterocycles. The van der Waals surface area contributed by atoms with Crippen LogP contribution in [-0.2, 0) is 7.05 Å². The molecular weight excluding hydrogens is 408 g/mol. The molecule has 6 heteroatoms. The maximum atomic E-state index is 13.2. The Morgan fingerprint density at radius 1 is 1.10 bits per heavy atom. The van der Waals surface area contributed by atoms with Gasteiger partial charge in [-0.2, -0.15) is 0 Å². The molecule has 0 bridgehead atoms. The first kappa shape index (κ1) is 19.8. The number of benzene rings is 2. The van der Waals surface area contributed by atoms with E-state index in [0.717, 1.165) is 47.4 Å². The van der Waals surface area contributed by atoms with Crippen molar-refractivity contribution in [1.82, 2.24) is 19.4 Å². The number of piperidine rings is 1. The Kier molecular flexibility index (Phi) is 5.20. The SMILES string of the molecule is Cn1cnc2cc(C(=O)N3CCCC(c4cccc(-c5cccc(Cl)c5)n4)C3)ccc21. The minimum Gasteiger partial charge on any atom is -0.338 e. The molecule has 3 heterocycles. The number of hydrogen-bond donors (Lipinski definition) is 0. The van der Waals surface area contributed by atoms with Gasteiger partial charge in [0.15, 0.2) is 0 Å². The number of nitrogens with zero attached hydrogens (tertiary/aromatic N) is 4. The Balaban J connectivity index is 1.37. The highest BCUT2D eigenvalue weighted by atomic mass is 35.5. The summed E-state index contributed by atoms with van der Waals surface area (Å²) in [5.74, 6) is 0.277. The molecule has 4 aromatic rings. The second-order valence-electron chi connectivity index (χ2n) is 8.11. The Morgan fingerprint density at radius 2 is 1.97 bits per heavy atom. The summed E-state index contributed by atoms with van der Waals surface area (Å²) < 4.78 is 1.96. The van der Waals surface area contributed by atoms with Crippen LogP contribution in [0.5, 0.6) is 0 Å². The molecule has 5 nitrogen and oxygen atoms in total. The van der Waals surface area contributed by atoms with Crippen molar-refractivity contribution < 1.29 is 4.79 Å². The van der Waals surface area contributed by atoms with E-state index < -0.39 is 0 Å². The van der Waals surface area contributed by atoms with Crippen molar-refractivity contribution in [1.29, 1.82) is 0 Å². The minimum atomic E-state index is 0.0586. The Labute approximate surface area is 186 Å². The predicted molar refractivity (Wildman–Crippen MR) is 123 cm³/mol. The molecule has 1 aliphatic rings. The third-order valence-electron chi connectivity index (χ3n) is 5.99. The molecule has 1 saturated heterocycles. The normalized spacial score (nSPS) is 16.6. The van der Waals surface area contributed by atoms with Crippen LogP contribution < -0.4 is 0 Å². The second-order valence-corrected chi connectivity index (χ2v) is 8.54. The minimum absolute atomic E-state index is 0.0586. The smallest absolute Gasteiger partial charge is 0.253 e. The fourth-order valence-corrected chi connectivity index (χ4v) is 4.53. The van der Waals surface area contributed by atoms with Gasteiger partial charge in [0.1, 0.15) is 0 Å². The van der Waals surface area contributed by atoms with Crippen LogP contribution in [0.3, 0.4) is 0 Å². The van der Waals surface area contributed by atoms with Crippen LogP contribution >= 0.6 is 11.6 Å². The van der Waals surface area contributed by atoms with Gasteiger partial charge in [0.2, 0.25) is 0 Å². The summed E-state index contributed by atoms with van der Waals surface area (Å²) in [5.41, 5.74) is 5.49. The van der Waals surface area contributed by atoms with E-state index >= 15 is 0 Å². The lowest BCUT2D eigenvalue weighted by molar-refractivity contribution is 0.0706. The third kappa shape index (κ3) is 3.93. The summed E-state index contributed by atoms with van der Waals surface area (Å²) in [5, 5.41) is 0.698. The number of rotatable bonds is 3. The van der Waals surface area contributed by atoms with Gasteiger partial charge in [-0.25, -0.2) is 4.98 Å². The van der Waals surface area contributed by atoms with E-state index in [4.69, 9.17) is 16.6 Å². The van der Waals surface area contributed by atoms with Gasteiger partial charge < -0.3 is 9.47 Å². The highest BCUT2D eigenvalue weighted by molar-refractivity contribution is 6.30. The lowest BCUT2D eigenvalue weighted by atomic mass is 9.93. The van der Waals surface area contributed by atoms with E-state index in [-0.39, 0.29) is 11.8 Å². The van der Waals surface area contributed by atoms with Crippen molar-refractivity contribution in [3.63, 3.8) is 0 Å². The van der Waals surface area contributed by atoms with Gasteiger partial charge in [-0.1, -0.05) is 29.8 Å². The number of carbonyl (C=O) groups is 1. The average molecular weight is 431 g/mol. The van der Waals surface area contributed by atoms with Gasteiger partial charge in [0.25, 0.3) is 5.91 Å². The molecule has 1 amide bonds. The van der Waals surface area contributed by atoms with E-state index in [1.807, 2.05) is 71.1 Å². The largest absolute Gasteiger partial charge is 0.338 e. The number of imidazole rings is 1. The van der Waals surface area contributed by atoms with Crippen LogP contribution in [0.15, 0.2) is 67.0 Å². The molecular formula is C25H23ClN4O. The highest BCUT2D eigenvalue weighted by Gasteiger charge is 2.26. The molecule has 0 saturated carbocycles. The fourth-order valence-electron chi connectivity index (χ4n) is 4.34. The first-order valence-electron chi connectivity index (χ1n) is 10.5. The molecule has 2 aromatic carbocycles. The number of halogens is 1. The summed E-state index contributed by atoms with van der Waals surface area (Å²) in [4.78, 5) is 24.5. The van der Waals surface area contributed by atoms with E-state index in [0.29, 0.717) is 17.1 Å². The number of likely N-dealkylation sites (tertiary alicyclic amines) is 1. The summed E-state index contributed by atoms with van der Waals surface area (Å²) in [6, 6.07) is 19.6. The summed E-state index contributed by atoms with van der Waals surface area (Å²) in [6.07, 6.45) is 3.76. The maximum Gasteiger partial charge on any atom is 0.253 e. The standard InChI is InChI=1S/C25H23ClN4O/c1-29-16-27-23-14-18(10-11-24(23)29)25(31)30-12-4-6-19(15-30)22-9-3-8-21(28-22)17-5-2-7-20(26)13-17/h2-3,5,7-11,13-14,16,19H,4,6,12,15H2,1H3. The first-order chi connectivity index (χ1) is 15.1. The third-order valence-corrected chi connectivity index (χ3v) is 6.23. The van der Waals surface area contributed by atoms with Gasteiger partial charge in [-0.15, -0.1) is 0 Å². The van der Waals surface area contributed by atoms with Crippen molar-refractivity contribution in [3.8, 4) is 11.3 Å². The van der Waals surface area contributed by atoms with Crippen molar-refractivity contribution in [2.24, 2.45) is 7.05 Å². The van der Waals surface area contributed by atoms with Gasteiger partial charge in [0, 0.05) is 47.9 Å². The highest BCUT2D eigenvalue weighted by Crippen LogP contribution is 2.29. The molecule has 2 aromatic heterocycles. The predicted octanol–water partition coefficient (Wildman–Crippen LogP) is 5.31. The number of hydrogen-bond acceptors (Lipinski definition) is 3. The monoisotopic (exact) mass is 430 g/mol. The van der Waals surface area contributed by atoms with Gasteiger partial charge in [-0.05, 0) is 55.3 Å². The number of amides is 1. The van der Waals surface area contributed by atoms with Crippen molar-refractivity contribution in [2.75, 3.05) is 13.1 Å². The van der Waals surface area contributed by atoms with E-state index in [1.54, 1.807) is 6.33 Å². The zero-order chi connectivity index (χ0) is 21.4. The number of carbonyl (C=O) groups excluding carboxylic acids is 1. The maximum absolute atomic E-state index is 13.2. The Bertz CT molecular complexity index is 1270. The van der Waals surface area contributed by atoms with Gasteiger partial charge >= 0.3 is 0 Å². The molecule has 0 aliphatic carbocycles. The number of aryl methyl sites for hydroxylation is 1.